The van der Waals surface area contributed by atoms with Crippen molar-refractivity contribution in [2.24, 2.45) is 4.99 Å². The number of guanidine groups is 1. The normalized spacial score (nSPS) is 14.0. The van der Waals surface area contributed by atoms with Gasteiger partial charge in [-0.25, -0.2) is 0 Å². The molecule has 0 amide bonds. The molecule has 0 bridgehead atoms. The number of nitrogens with zero attached hydrogens (tertiary/aromatic N) is 4. The number of hydrogen-bond acceptors (Lipinski definition) is 4. The van der Waals surface area contributed by atoms with Crippen LogP contribution in [0.4, 0.5) is 0 Å². The van der Waals surface area contributed by atoms with Gasteiger partial charge in [0.25, 0.3) is 0 Å². The number of nitrogens with one attached hydrogen (secondary N) is 2. The minimum Gasteiger partial charge on any atom is -0.356 e. The molecule has 154 valence electrons. The number of thioether (sulfide) groups is 1. The highest BCUT2D eigenvalue weighted by Gasteiger charge is 2.14. The lowest BCUT2D eigenvalue weighted by Crippen LogP contribution is -2.39. The first-order valence-electron chi connectivity index (χ1n) is 9.90. The van der Waals surface area contributed by atoms with Gasteiger partial charge in [-0.1, -0.05) is 24.6 Å². The Morgan fingerprint density at radius 2 is 1.93 bits per heavy atom. The second kappa shape index (κ2) is 13.0. The SMILES string of the molecule is CN=C(NCCCc1nnc2n1CCCCC2)NCCSc1ccccc1.I. The van der Waals surface area contributed by atoms with E-state index in [1.807, 2.05) is 24.9 Å². The van der Waals surface area contributed by atoms with Crippen LogP contribution in [0, 0.1) is 0 Å². The highest BCUT2D eigenvalue weighted by atomic mass is 127. The molecule has 0 saturated heterocycles. The van der Waals surface area contributed by atoms with Crippen molar-refractivity contribution < 1.29 is 0 Å². The third kappa shape index (κ3) is 7.27. The largest absolute Gasteiger partial charge is 0.356 e. The van der Waals surface area contributed by atoms with Gasteiger partial charge in [0.1, 0.15) is 11.6 Å². The van der Waals surface area contributed by atoms with Crippen LogP contribution in [0.1, 0.15) is 37.3 Å². The van der Waals surface area contributed by atoms with Crippen LogP contribution >= 0.6 is 35.7 Å². The smallest absolute Gasteiger partial charge is 0.191 e. The summed E-state index contributed by atoms with van der Waals surface area (Å²) in [5, 5.41) is 15.5. The van der Waals surface area contributed by atoms with Gasteiger partial charge >= 0.3 is 0 Å². The summed E-state index contributed by atoms with van der Waals surface area (Å²) in [5.74, 6) is 4.18. The average molecular weight is 514 g/mol. The van der Waals surface area contributed by atoms with Gasteiger partial charge in [0, 0.05) is 50.2 Å². The Balaban J connectivity index is 0.00000280. The number of aryl methyl sites for hydroxylation is 2. The summed E-state index contributed by atoms with van der Waals surface area (Å²) in [7, 11) is 1.82. The molecule has 0 fully saturated rings. The van der Waals surface area contributed by atoms with E-state index < -0.39 is 0 Å². The van der Waals surface area contributed by atoms with Gasteiger partial charge in [-0.05, 0) is 31.4 Å². The molecule has 28 heavy (non-hydrogen) atoms. The van der Waals surface area contributed by atoms with Gasteiger partial charge in [-0.3, -0.25) is 4.99 Å². The first kappa shape index (κ1) is 23.0. The quantitative estimate of drug-likeness (QED) is 0.186. The summed E-state index contributed by atoms with van der Waals surface area (Å²) in [4.78, 5) is 5.60. The predicted octanol–water partition coefficient (Wildman–Crippen LogP) is 3.51. The number of hydrogen-bond donors (Lipinski definition) is 2. The molecule has 0 unspecified atom stereocenters. The van der Waals surface area contributed by atoms with Crippen LogP contribution in [-0.2, 0) is 19.4 Å². The van der Waals surface area contributed by atoms with E-state index in [1.54, 1.807) is 0 Å². The molecule has 2 aromatic rings. The van der Waals surface area contributed by atoms with Crippen molar-refractivity contribution in [2.75, 3.05) is 25.9 Å². The van der Waals surface area contributed by atoms with Crippen LogP contribution in [0.15, 0.2) is 40.2 Å². The molecule has 2 N–H and O–H groups in total. The Hall–Kier alpha value is -1.29. The highest BCUT2D eigenvalue weighted by molar-refractivity contribution is 14.0. The molecular weight excluding hydrogens is 483 g/mol. The lowest BCUT2D eigenvalue weighted by Gasteiger charge is -2.12. The Morgan fingerprint density at radius 1 is 1.11 bits per heavy atom. The van der Waals surface area contributed by atoms with Crippen LogP contribution in [0.25, 0.3) is 0 Å². The zero-order valence-corrected chi connectivity index (χ0v) is 19.7. The molecule has 0 radical (unpaired) electrons. The molecule has 0 saturated carbocycles. The van der Waals surface area contributed by atoms with Crippen molar-refractivity contribution >= 4 is 41.7 Å². The van der Waals surface area contributed by atoms with E-state index in [9.17, 15) is 0 Å². The second-order valence-corrected chi connectivity index (χ2v) is 7.85. The lowest BCUT2D eigenvalue weighted by atomic mass is 10.2. The number of rotatable bonds is 8. The van der Waals surface area contributed by atoms with E-state index in [0.29, 0.717) is 0 Å². The van der Waals surface area contributed by atoms with Gasteiger partial charge in [0.05, 0.1) is 0 Å². The maximum absolute atomic E-state index is 4.40. The Bertz CT molecular complexity index is 719. The molecular formula is C20H31IN6S. The van der Waals surface area contributed by atoms with E-state index >= 15 is 0 Å². The van der Waals surface area contributed by atoms with E-state index in [0.717, 1.165) is 56.4 Å². The third-order valence-corrected chi connectivity index (χ3v) is 5.70. The van der Waals surface area contributed by atoms with Crippen LogP contribution in [0.5, 0.6) is 0 Å². The summed E-state index contributed by atoms with van der Waals surface area (Å²) in [5.41, 5.74) is 0. The third-order valence-electron chi connectivity index (χ3n) is 4.69. The first-order chi connectivity index (χ1) is 13.4. The Labute approximate surface area is 189 Å². The standard InChI is InChI=1S/C20H30N6S.HI/c1-21-20(23-14-16-27-17-9-4-2-5-10-17)22-13-8-12-19-25-24-18-11-6-3-7-15-26(18)19;/h2,4-5,9-10H,3,6-8,11-16H2,1H3,(H2,21,22,23);1H. The van der Waals surface area contributed by atoms with Crippen molar-refractivity contribution in [1.29, 1.82) is 0 Å². The highest BCUT2D eigenvalue weighted by Crippen LogP contribution is 2.16. The topological polar surface area (TPSA) is 67.1 Å². The number of halogens is 1. The molecule has 0 atom stereocenters. The van der Waals surface area contributed by atoms with Gasteiger partial charge in [0.2, 0.25) is 0 Å². The number of aliphatic imine (C=N–C) groups is 1. The Kier molecular flexibility index (Phi) is 10.7. The number of aromatic nitrogens is 3. The summed E-state index contributed by atoms with van der Waals surface area (Å²) in [6.45, 7) is 2.85. The summed E-state index contributed by atoms with van der Waals surface area (Å²) in [6.07, 6.45) is 6.84. The summed E-state index contributed by atoms with van der Waals surface area (Å²) in [6, 6.07) is 10.5. The maximum atomic E-state index is 4.40. The number of fused-ring (bicyclic) bond motifs is 1. The molecule has 2 heterocycles. The minimum absolute atomic E-state index is 0. The van der Waals surface area contributed by atoms with Gasteiger partial charge in [0.15, 0.2) is 5.96 Å². The molecule has 1 aromatic carbocycles. The molecule has 8 heteroatoms. The van der Waals surface area contributed by atoms with Crippen molar-refractivity contribution in [1.82, 2.24) is 25.4 Å². The van der Waals surface area contributed by atoms with Crippen molar-refractivity contribution in [3.05, 3.63) is 42.0 Å². The predicted molar refractivity (Wildman–Crippen MR) is 128 cm³/mol. The zero-order valence-electron chi connectivity index (χ0n) is 16.6. The monoisotopic (exact) mass is 514 g/mol. The van der Waals surface area contributed by atoms with Gasteiger partial charge in [-0.2, -0.15) is 0 Å². The summed E-state index contributed by atoms with van der Waals surface area (Å²) >= 11 is 1.85. The van der Waals surface area contributed by atoms with E-state index in [-0.39, 0.29) is 24.0 Å². The molecule has 1 aliphatic rings. The summed E-state index contributed by atoms with van der Waals surface area (Å²) < 4.78 is 2.33. The fraction of sp³-hybridized carbons (Fsp3) is 0.550. The molecule has 6 nitrogen and oxygen atoms in total. The maximum Gasteiger partial charge on any atom is 0.191 e. The zero-order chi connectivity index (χ0) is 18.7. The van der Waals surface area contributed by atoms with E-state index in [2.05, 4.69) is 54.7 Å². The molecule has 0 aliphatic carbocycles. The second-order valence-electron chi connectivity index (χ2n) is 6.69. The van der Waals surface area contributed by atoms with Crippen LogP contribution in [0.3, 0.4) is 0 Å². The van der Waals surface area contributed by atoms with Gasteiger partial charge < -0.3 is 15.2 Å². The van der Waals surface area contributed by atoms with Crippen molar-refractivity contribution in [2.45, 2.75) is 50.0 Å². The van der Waals surface area contributed by atoms with Crippen LogP contribution < -0.4 is 10.6 Å². The lowest BCUT2D eigenvalue weighted by molar-refractivity contribution is 0.594. The average Bonchev–Trinajstić information content (AvgIpc) is 2.93. The number of benzene rings is 1. The Morgan fingerprint density at radius 3 is 2.75 bits per heavy atom. The first-order valence-corrected chi connectivity index (χ1v) is 10.9. The van der Waals surface area contributed by atoms with Gasteiger partial charge in [-0.15, -0.1) is 45.9 Å². The van der Waals surface area contributed by atoms with Crippen LogP contribution in [0.2, 0.25) is 0 Å². The van der Waals surface area contributed by atoms with Crippen molar-refractivity contribution in [3.8, 4) is 0 Å². The van der Waals surface area contributed by atoms with E-state index in [1.165, 1.54) is 30.0 Å². The molecule has 0 spiro atoms. The molecule has 1 aromatic heterocycles. The molecule has 1 aliphatic heterocycles. The molecule has 3 rings (SSSR count). The fourth-order valence-corrected chi connectivity index (χ4v) is 4.05. The van der Waals surface area contributed by atoms with E-state index in [4.69, 9.17) is 0 Å². The fourth-order valence-electron chi connectivity index (χ4n) is 3.26. The van der Waals surface area contributed by atoms with Crippen molar-refractivity contribution in [3.63, 3.8) is 0 Å². The minimum atomic E-state index is 0. The van der Waals surface area contributed by atoms with Crippen LogP contribution in [-0.4, -0.2) is 46.6 Å².